The maximum absolute atomic E-state index is 11.8. The van der Waals surface area contributed by atoms with Gasteiger partial charge in [-0.3, -0.25) is 9.59 Å². The Labute approximate surface area is 89.9 Å². The number of rotatable bonds is 3. The SMILES string of the molecule is NC(=O)CCn1ccc2sccc2c1=O. The van der Waals surface area contributed by atoms with Gasteiger partial charge >= 0.3 is 0 Å². The Balaban J connectivity index is 2.40. The second kappa shape index (κ2) is 3.86. The van der Waals surface area contributed by atoms with Crippen LogP contribution in [-0.2, 0) is 11.3 Å². The van der Waals surface area contributed by atoms with Crippen LogP contribution in [-0.4, -0.2) is 10.5 Å². The number of aryl methyl sites for hydroxylation is 1. The number of pyridine rings is 1. The van der Waals surface area contributed by atoms with Crippen LogP contribution in [0.15, 0.2) is 28.5 Å². The Bertz CT molecular complexity index is 556. The number of amides is 1. The highest BCUT2D eigenvalue weighted by Gasteiger charge is 2.04. The molecule has 2 aromatic rings. The number of aromatic nitrogens is 1. The molecule has 2 rings (SSSR count). The quantitative estimate of drug-likeness (QED) is 0.839. The summed E-state index contributed by atoms with van der Waals surface area (Å²) >= 11 is 1.53. The molecule has 4 nitrogen and oxygen atoms in total. The topological polar surface area (TPSA) is 65.1 Å². The van der Waals surface area contributed by atoms with Gasteiger partial charge in [0.1, 0.15) is 0 Å². The van der Waals surface area contributed by atoms with Crippen LogP contribution in [0.4, 0.5) is 0 Å². The van der Waals surface area contributed by atoms with E-state index < -0.39 is 5.91 Å². The fourth-order valence-corrected chi connectivity index (χ4v) is 2.19. The Kier molecular flexibility index (Phi) is 2.55. The first-order valence-corrected chi connectivity index (χ1v) is 5.41. The minimum atomic E-state index is -0.396. The van der Waals surface area contributed by atoms with Gasteiger partial charge in [-0.2, -0.15) is 0 Å². The Hall–Kier alpha value is -1.62. The van der Waals surface area contributed by atoms with Crippen LogP contribution >= 0.6 is 11.3 Å². The van der Waals surface area contributed by atoms with Crippen molar-refractivity contribution >= 4 is 27.3 Å². The summed E-state index contributed by atoms with van der Waals surface area (Å²) in [6.45, 7) is 0.347. The van der Waals surface area contributed by atoms with Crippen molar-refractivity contribution in [3.05, 3.63) is 34.1 Å². The lowest BCUT2D eigenvalue weighted by Gasteiger charge is -2.03. The summed E-state index contributed by atoms with van der Waals surface area (Å²) in [5.41, 5.74) is 4.97. The number of carbonyl (C=O) groups is 1. The third-order valence-electron chi connectivity index (χ3n) is 2.19. The molecule has 0 aliphatic carbocycles. The van der Waals surface area contributed by atoms with E-state index in [1.165, 1.54) is 15.9 Å². The molecule has 0 radical (unpaired) electrons. The summed E-state index contributed by atoms with van der Waals surface area (Å²) in [6, 6.07) is 3.67. The van der Waals surface area contributed by atoms with E-state index in [4.69, 9.17) is 5.73 Å². The van der Waals surface area contributed by atoms with Crippen molar-refractivity contribution < 1.29 is 4.79 Å². The summed E-state index contributed by atoms with van der Waals surface area (Å²) < 4.78 is 2.48. The molecule has 5 heteroatoms. The first kappa shape index (κ1) is 9.92. The molecule has 2 N–H and O–H groups in total. The van der Waals surface area contributed by atoms with E-state index in [-0.39, 0.29) is 12.0 Å². The fourth-order valence-electron chi connectivity index (χ4n) is 1.41. The highest BCUT2D eigenvalue weighted by Crippen LogP contribution is 2.16. The van der Waals surface area contributed by atoms with Crippen molar-refractivity contribution in [1.29, 1.82) is 0 Å². The molecule has 0 saturated carbocycles. The lowest BCUT2D eigenvalue weighted by atomic mass is 10.3. The molecule has 1 amide bonds. The average Bonchev–Trinajstić information content (AvgIpc) is 2.65. The molecule has 0 fully saturated rings. The van der Waals surface area contributed by atoms with Crippen molar-refractivity contribution in [3.63, 3.8) is 0 Å². The van der Waals surface area contributed by atoms with Gasteiger partial charge < -0.3 is 10.3 Å². The molecule has 0 saturated heterocycles. The number of primary amides is 1. The first-order valence-electron chi connectivity index (χ1n) is 4.53. The standard InChI is InChI=1S/C10H10N2O2S/c11-9(13)2-5-12-4-1-8-7(10(12)14)3-6-15-8/h1,3-4,6H,2,5H2,(H2,11,13). The molecule has 0 aliphatic rings. The van der Waals surface area contributed by atoms with Gasteiger partial charge in [0.2, 0.25) is 5.91 Å². The van der Waals surface area contributed by atoms with Crippen LogP contribution in [0.1, 0.15) is 6.42 Å². The molecular formula is C10H10N2O2S. The van der Waals surface area contributed by atoms with Gasteiger partial charge in [0.05, 0.1) is 5.39 Å². The number of nitrogens with two attached hydrogens (primary N) is 1. The summed E-state index contributed by atoms with van der Waals surface area (Å²) in [5, 5.41) is 2.58. The van der Waals surface area contributed by atoms with E-state index in [9.17, 15) is 9.59 Å². The van der Waals surface area contributed by atoms with Crippen LogP contribution in [0.25, 0.3) is 10.1 Å². The van der Waals surface area contributed by atoms with Gasteiger partial charge in [0.25, 0.3) is 5.56 Å². The van der Waals surface area contributed by atoms with E-state index in [1.54, 1.807) is 12.3 Å². The molecule has 78 valence electrons. The number of fused-ring (bicyclic) bond motifs is 1. The van der Waals surface area contributed by atoms with Gasteiger partial charge in [0, 0.05) is 23.9 Å². The molecule has 15 heavy (non-hydrogen) atoms. The normalized spacial score (nSPS) is 10.7. The van der Waals surface area contributed by atoms with E-state index in [0.717, 1.165) is 4.70 Å². The Morgan fingerprint density at radius 2 is 2.27 bits per heavy atom. The number of thiophene rings is 1. The maximum Gasteiger partial charge on any atom is 0.259 e. The van der Waals surface area contributed by atoms with Crippen molar-refractivity contribution in [3.8, 4) is 0 Å². The minimum Gasteiger partial charge on any atom is -0.370 e. The molecule has 0 bridgehead atoms. The monoisotopic (exact) mass is 222 g/mol. The minimum absolute atomic E-state index is 0.0602. The molecule has 0 atom stereocenters. The van der Waals surface area contributed by atoms with Crippen molar-refractivity contribution in [2.45, 2.75) is 13.0 Å². The van der Waals surface area contributed by atoms with E-state index in [2.05, 4.69) is 0 Å². The zero-order valence-electron chi connectivity index (χ0n) is 7.97. The summed E-state index contributed by atoms with van der Waals surface area (Å²) in [7, 11) is 0. The number of carbonyl (C=O) groups excluding carboxylic acids is 1. The molecule has 0 aromatic carbocycles. The fraction of sp³-hybridized carbons (Fsp3) is 0.200. The Morgan fingerprint density at radius 1 is 1.47 bits per heavy atom. The second-order valence-electron chi connectivity index (χ2n) is 3.23. The lowest BCUT2D eigenvalue weighted by molar-refractivity contribution is -0.118. The maximum atomic E-state index is 11.8. The zero-order chi connectivity index (χ0) is 10.8. The summed E-state index contributed by atoms with van der Waals surface area (Å²) in [4.78, 5) is 22.4. The molecular weight excluding hydrogens is 212 g/mol. The highest BCUT2D eigenvalue weighted by molar-refractivity contribution is 7.17. The summed E-state index contributed by atoms with van der Waals surface area (Å²) in [6.07, 6.45) is 1.89. The molecule has 0 spiro atoms. The lowest BCUT2D eigenvalue weighted by Crippen LogP contribution is -2.22. The van der Waals surface area contributed by atoms with Crippen LogP contribution in [0, 0.1) is 0 Å². The van der Waals surface area contributed by atoms with E-state index in [1.807, 2.05) is 11.4 Å². The van der Waals surface area contributed by atoms with Crippen molar-refractivity contribution in [1.82, 2.24) is 4.57 Å². The zero-order valence-corrected chi connectivity index (χ0v) is 8.79. The van der Waals surface area contributed by atoms with Gasteiger partial charge in [-0.25, -0.2) is 0 Å². The predicted octanol–water partition coefficient (Wildman–Crippen LogP) is 0.938. The van der Waals surface area contributed by atoms with E-state index in [0.29, 0.717) is 11.9 Å². The molecule has 0 aliphatic heterocycles. The highest BCUT2D eigenvalue weighted by atomic mass is 32.1. The number of hydrogen-bond acceptors (Lipinski definition) is 3. The Morgan fingerprint density at radius 3 is 3.00 bits per heavy atom. The largest absolute Gasteiger partial charge is 0.370 e. The van der Waals surface area contributed by atoms with Gasteiger partial charge in [-0.1, -0.05) is 0 Å². The first-order chi connectivity index (χ1) is 7.18. The van der Waals surface area contributed by atoms with Gasteiger partial charge in [-0.15, -0.1) is 11.3 Å². The van der Waals surface area contributed by atoms with Crippen LogP contribution in [0.3, 0.4) is 0 Å². The average molecular weight is 222 g/mol. The molecule has 2 aromatic heterocycles. The summed E-state index contributed by atoms with van der Waals surface area (Å²) in [5.74, 6) is -0.396. The number of hydrogen-bond donors (Lipinski definition) is 1. The molecule has 2 heterocycles. The smallest absolute Gasteiger partial charge is 0.259 e. The second-order valence-corrected chi connectivity index (χ2v) is 4.18. The van der Waals surface area contributed by atoms with Gasteiger partial charge in [-0.05, 0) is 17.5 Å². The van der Waals surface area contributed by atoms with Crippen LogP contribution in [0.2, 0.25) is 0 Å². The van der Waals surface area contributed by atoms with Crippen LogP contribution < -0.4 is 11.3 Å². The molecule has 0 unspecified atom stereocenters. The van der Waals surface area contributed by atoms with Crippen molar-refractivity contribution in [2.75, 3.05) is 0 Å². The van der Waals surface area contributed by atoms with Gasteiger partial charge in [0.15, 0.2) is 0 Å². The third kappa shape index (κ3) is 1.92. The van der Waals surface area contributed by atoms with Crippen molar-refractivity contribution in [2.24, 2.45) is 5.73 Å². The van der Waals surface area contributed by atoms with Crippen LogP contribution in [0.5, 0.6) is 0 Å². The third-order valence-corrected chi connectivity index (χ3v) is 3.07. The predicted molar refractivity (Wildman–Crippen MR) is 59.9 cm³/mol. The number of nitrogens with zero attached hydrogens (tertiary/aromatic N) is 1. The van der Waals surface area contributed by atoms with E-state index >= 15 is 0 Å².